The minimum atomic E-state index is -3.77. The van der Waals surface area contributed by atoms with E-state index in [1.165, 1.54) is 23.0 Å². The van der Waals surface area contributed by atoms with Crippen LogP contribution in [0.1, 0.15) is 19.4 Å². The van der Waals surface area contributed by atoms with E-state index in [1.807, 2.05) is 0 Å². The van der Waals surface area contributed by atoms with Crippen LogP contribution in [0.4, 0.5) is 25.8 Å². The van der Waals surface area contributed by atoms with Crippen molar-refractivity contribution in [1.29, 1.82) is 0 Å². The molecule has 2 heterocycles. The van der Waals surface area contributed by atoms with Crippen LogP contribution in [0.15, 0.2) is 46.6 Å². The minimum absolute atomic E-state index is 0.196. The Balaban J connectivity index is 1.69. The van der Waals surface area contributed by atoms with Crippen LogP contribution in [0.5, 0.6) is 0 Å². The van der Waals surface area contributed by atoms with Gasteiger partial charge in [-0.1, -0.05) is 6.92 Å². The largest absolute Gasteiger partial charge is 0.351 e. The topological polar surface area (TPSA) is 109 Å². The van der Waals surface area contributed by atoms with E-state index in [9.17, 15) is 22.0 Å². The molecule has 0 saturated heterocycles. The first kappa shape index (κ1) is 22.6. The number of likely N-dealkylation sites (N-methyl/N-ethyl adjacent to an activating group) is 1. The summed E-state index contributed by atoms with van der Waals surface area (Å²) in [4.78, 5) is 17.3. The van der Waals surface area contributed by atoms with Crippen molar-refractivity contribution in [3.63, 3.8) is 0 Å². The highest BCUT2D eigenvalue weighted by molar-refractivity contribution is 7.92. The van der Waals surface area contributed by atoms with Crippen LogP contribution in [0, 0.1) is 11.6 Å². The van der Waals surface area contributed by atoms with Gasteiger partial charge in [0.1, 0.15) is 11.5 Å². The van der Waals surface area contributed by atoms with Crippen molar-refractivity contribution >= 4 is 44.2 Å². The van der Waals surface area contributed by atoms with E-state index in [-0.39, 0.29) is 34.1 Å². The first-order chi connectivity index (χ1) is 15.7. The summed E-state index contributed by atoms with van der Waals surface area (Å²) >= 11 is 0. The monoisotopic (exact) mass is 476 g/mol. The molecule has 1 aliphatic rings. The third-order valence-corrected chi connectivity index (χ3v) is 6.60. The molecule has 1 aromatic heterocycles. The van der Waals surface area contributed by atoms with E-state index >= 15 is 0 Å². The molecule has 1 unspecified atom stereocenters. The highest BCUT2D eigenvalue weighted by atomic mass is 32.2. The Morgan fingerprint density at radius 1 is 1.21 bits per heavy atom. The summed E-state index contributed by atoms with van der Waals surface area (Å²) in [6.07, 6.45) is 3.43. The number of hydrogen-bond donors (Lipinski definition) is 2. The molecule has 174 valence electrons. The molecular weight excluding hydrogens is 454 g/mol. The summed E-state index contributed by atoms with van der Waals surface area (Å²) in [6, 6.07) is 6.23. The predicted octanol–water partition coefficient (Wildman–Crippen LogP) is 3.04. The molecule has 0 bridgehead atoms. The molecule has 1 aliphatic heterocycles. The van der Waals surface area contributed by atoms with Gasteiger partial charge in [-0.3, -0.25) is 19.1 Å². The maximum Gasteiger partial charge on any atom is 0.261 e. The van der Waals surface area contributed by atoms with Crippen LogP contribution in [-0.4, -0.2) is 48.5 Å². The van der Waals surface area contributed by atoms with E-state index in [0.717, 1.165) is 12.1 Å². The Hall–Kier alpha value is -3.54. The lowest BCUT2D eigenvalue weighted by atomic mass is 10.2. The lowest BCUT2D eigenvalue weighted by Crippen LogP contribution is -2.28. The number of aromatic nitrogens is 2. The number of benzene rings is 2. The molecule has 2 aromatic carbocycles. The van der Waals surface area contributed by atoms with E-state index in [0.29, 0.717) is 18.5 Å². The Labute approximate surface area is 188 Å². The van der Waals surface area contributed by atoms with Crippen molar-refractivity contribution in [3.8, 4) is 0 Å². The SMILES string of the molecule is CCCS(=O)(=O)Nc1ccc(F)c(Nc2ccc3ncn(C4C=NN(C)C4)c(=O)c3c2)c1F. The van der Waals surface area contributed by atoms with E-state index in [4.69, 9.17) is 0 Å². The molecular formula is C21H22F2N6O3S. The molecule has 0 saturated carbocycles. The van der Waals surface area contributed by atoms with Crippen molar-refractivity contribution in [3.05, 3.63) is 58.6 Å². The third-order valence-electron chi connectivity index (χ3n) is 5.13. The zero-order valence-corrected chi connectivity index (χ0v) is 18.7. The summed E-state index contributed by atoms with van der Waals surface area (Å²) in [5.74, 6) is -2.21. The Morgan fingerprint density at radius 2 is 2.00 bits per heavy atom. The Bertz CT molecular complexity index is 1410. The molecule has 33 heavy (non-hydrogen) atoms. The van der Waals surface area contributed by atoms with Gasteiger partial charge in [-0.25, -0.2) is 22.2 Å². The number of hydrogen-bond acceptors (Lipinski definition) is 7. The zero-order chi connectivity index (χ0) is 23.8. The summed E-state index contributed by atoms with van der Waals surface area (Å²) in [6.45, 7) is 2.19. The third kappa shape index (κ3) is 4.65. The highest BCUT2D eigenvalue weighted by Gasteiger charge is 2.20. The number of fused-ring (bicyclic) bond motifs is 1. The number of anilines is 3. The fourth-order valence-corrected chi connectivity index (χ4v) is 4.68. The first-order valence-corrected chi connectivity index (χ1v) is 11.9. The summed E-state index contributed by atoms with van der Waals surface area (Å²) in [5, 5.41) is 8.70. The summed E-state index contributed by atoms with van der Waals surface area (Å²) < 4.78 is 57.0. The molecule has 9 nitrogen and oxygen atoms in total. The van der Waals surface area contributed by atoms with E-state index < -0.39 is 27.3 Å². The second-order valence-corrected chi connectivity index (χ2v) is 9.53. The van der Waals surface area contributed by atoms with Crippen LogP contribution >= 0.6 is 0 Å². The molecule has 0 radical (unpaired) electrons. The van der Waals surface area contributed by atoms with Crippen molar-refractivity contribution in [1.82, 2.24) is 14.6 Å². The molecule has 0 aliphatic carbocycles. The zero-order valence-electron chi connectivity index (χ0n) is 17.9. The second kappa shape index (κ2) is 8.77. The average Bonchev–Trinajstić information content (AvgIpc) is 3.19. The highest BCUT2D eigenvalue weighted by Crippen LogP contribution is 2.30. The molecule has 12 heteroatoms. The summed E-state index contributed by atoms with van der Waals surface area (Å²) in [5.41, 5.74) is -0.575. The van der Waals surface area contributed by atoms with Crippen LogP contribution in [0.3, 0.4) is 0 Å². The van der Waals surface area contributed by atoms with Crippen molar-refractivity contribution in [2.24, 2.45) is 5.10 Å². The second-order valence-electron chi connectivity index (χ2n) is 7.69. The van der Waals surface area contributed by atoms with Gasteiger partial charge in [0.25, 0.3) is 5.56 Å². The molecule has 0 amide bonds. The van der Waals surface area contributed by atoms with E-state index in [1.54, 1.807) is 31.3 Å². The van der Waals surface area contributed by atoms with Gasteiger partial charge in [0.05, 0.1) is 41.3 Å². The van der Waals surface area contributed by atoms with Crippen molar-refractivity contribution in [2.45, 2.75) is 19.4 Å². The predicted molar refractivity (Wildman–Crippen MR) is 124 cm³/mol. The number of nitrogens with zero attached hydrogens (tertiary/aromatic N) is 4. The first-order valence-electron chi connectivity index (χ1n) is 10.2. The van der Waals surface area contributed by atoms with E-state index in [2.05, 4.69) is 20.1 Å². The number of hydrazone groups is 1. The van der Waals surface area contributed by atoms with Gasteiger partial charge in [-0.15, -0.1) is 0 Å². The molecule has 4 rings (SSSR count). The molecule has 2 N–H and O–H groups in total. The van der Waals surface area contributed by atoms with Gasteiger partial charge in [0, 0.05) is 18.9 Å². The fraction of sp³-hybridized carbons (Fsp3) is 0.286. The van der Waals surface area contributed by atoms with Gasteiger partial charge in [-0.05, 0) is 36.8 Å². The maximum atomic E-state index is 15.0. The standard InChI is InChI=1S/C21H22F2N6O3S/c1-3-8-33(31,32)27-18-7-5-16(22)20(19(18)23)26-13-4-6-17-15(9-13)21(30)29(12-24-17)14-10-25-28(2)11-14/h4-7,9-10,12,14,26-27H,3,8,11H2,1-2H3. The molecule has 3 aromatic rings. The van der Waals surface area contributed by atoms with Crippen molar-refractivity contribution in [2.75, 3.05) is 29.4 Å². The number of sulfonamides is 1. The van der Waals surface area contributed by atoms with Crippen molar-refractivity contribution < 1.29 is 17.2 Å². The van der Waals surface area contributed by atoms with Gasteiger partial charge in [0.2, 0.25) is 10.0 Å². The summed E-state index contributed by atoms with van der Waals surface area (Å²) in [7, 11) is -1.98. The molecule has 0 spiro atoms. The smallest absolute Gasteiger partial charge is 0.261 e. The van der Waals surface area contributed by atoms with Crippen LogP contribution in [-0.2, 0) is 10.0 Å². The quantitative estimate of drug-likeness (QED) is 0.543. The van der Waals surface area contributed by atoms with Gasteiger partial charge < -0.3 is 5.32 Å². The maximum absolute atomic E-state index is 15.0. The van der Waals surface area contributed by atoms with Gasteiger partial charge in [0.15, 0.2) is 5.82 Å². The number of halogens is 2. The Morgan fingerprint density at radius 3 is 2.70 bits per heavy atom. The van der Waals surface area contributed by atoms with Crippen LogP contribution in [0.25, 0.3) is 10.9 Å². The van der Waals surface area contributed by atoms with Gasteiger partial charge in [-0.2, -0.15) is 5.10 Å². The van der Waals surface area contributed by atoms with Crippen LogP contribution < -0.4 is 15.6 Å². The number of nitrogens with one attached hydrogen (secondary N) is 2. The fourth-order valence-electron chi connectivity index (χ4n) is 3.54. The Kier molecular flexibility index (Phi) is 6.02. The van der Waals surface area contributed by atoms with Crippen LogP contribution in [0.2, 0.25) is 0 Å². The average molecular weight is 477 g/mol. The minimum Gasteiger partial charge on any atom is -0.351 e. The van der Waals surface area contributed by atoms with Gasteiger partial charge >= 0.3 is 0 Å². The number of rotatable bonds is 7. The molecule has 1 atom stereocenters. The lowest BCUT2D eigenvalue weighted by molar-refractivity contribution is 0.356. The molecule has 0 fully saturated rings. The lowest BCUT2D eigenvalue weighted by Gasteiger charge is -2.15. The normalized spacial score (nSPS) is 15.9.